The first-order valence-electron chi connectivity index (χ1n) is 7.10. The second-order valence-electron chi connectivity index (χ2n) is 5.22. The molecule has 0 aliphatic carbocycles. The molecule has 1 aromatic heterocycles. The van der Waals surface area contributed by atoms with E-state index in [1.54, 1.807) is 11.0 Å². The molecular weight excluding hydrogens is 283 g/mol. The number of piperidine rings is 1. The van der Waals surface area contributed by atoms with Crippen LogP contribution in [0, 0.1) is 5.92 Å². The molecule has 2 rings (SSSR count). The number of nitrogens with two attached hydrogens (primary N) is 1. The Balaban J connectivity index is 2.15. The van der Waals surface area contributed by atoms with Gasteiger partial charge in [0, 0.05) is 25.7 Å². The van der Waals surface area contributed by atoms with Crippen molar-refractivity contribution in [1.82, 2.24) is 9.97 Å². The van der Waals surface area contributed by atoms with E-state index in [1.165, 1.54) is 0 Å². The third kappa shape index (κ3) is 4.12. The van der Waals surface area contributed by atoms with E-state index in [1.807, 2.05) is 6.92 Å². The van der Waals surface area contributed by atoms with Gasteiger partial charge in [0.15, 0.2) is 0 Å². The van der Waals surface area contributed by atoms with Gasteiger partial charge < -0.3 is 16.0 Å². The molecule has 1 aliphatic heterocycles. The summed E-state index contributed by atoms with van der Waals surface area (Å²) in [6.45, 7) is 3.21. The van der Waals surface area contributed by atoms with Crippen LogP contribution in [0.25, 0.3) is 0 Å². The van der Waals surface area contributed by atoms with E-state index in [4.69, 9.17) is 5.73 Å². The number of anilines is 3. The minimum absolute atomic E-state index is 0.0697. The Bertz CT molecular complexity index is 477. The largest absolute Gasteiger partial charge is 0.393 e. The highest BCUT2D eigenvalue weighted by Gasteiger charge is 2.42. The quantitative estimate of drug-likeness (QED) is 0.895. The van der Waals surface area contributed by atoms with Gasteiger partial charge in [0.25, 0.3) is 0 Å². The van der Waals surface area contributed by atoms with E-state index in [0.29, 0.717) is 24.6 Å². The van der Waals surface area contributed by atoms with Crippen LogP contribution < -0.4 is 16.0 Å². The van der Waals surface area contributed by atoms with Crippen LogP contribution in [0.2, 0.25) is 0 Å². The van der Waals surface area contributed by atoms with Crippen LogP contribution in [0.4, 0.5) is 30.8 Å². The molecule has 0 bridgehead atoms. The maximum atomic E-state index is 12.9. The van der Waals surface area contributed by atoms with Gasteiger partial charge in [-0.2, -0.15) is 23.1 Å². The van der Waals surface area contributed by atoms with Crippen molar-refractivity contribution in [1.29, 1.82) is 0 Å². The van der Waals surface area contributed by atoms with Gasteiger partial charge in [-0.3, -0.25) is 0 Å². The molecule has 118 valence electrons. The lowest BCUT2D eigenvalue weighted by Gasteiger charge is -2.34. The summed E-state index contributed by atoms with van der Waals surface area (Å²) in [6.07, 6.45) is -2.59. The van der Waals surface area contributed by atoms with Crippen molar-refractivity contribution < 1.29 is 13.2 Å². The Morgan fingerprint density at radius 3 is 2.86 bits per heavy atom. The summed E-state index contributed by atoms with van der Waals surface area (Å²) in [5, 5.41) is 3.08. The highest BCUT2D eigenvalue weighted by Crippen LogP contribution is 2.34. The summed E-state index contributed by atoms with van der Waals surface area (Å²) in [5.74, 6) is -0.238. The van der Waals surface area contributed by atoms with Gasteiger partial charge in [0.05, 0.1) is 5.92 Å². The fourth-order valence-corrected chi connectivity index (χ4v) is 2.41. The molecule has 1 aliphatic rings. The first-order valence-corrected chi connectivity index (χ1v) is 7.10. The monoisotopic (exact) mass is 303 g/mol. The number of nitrogens with zero attached hydrogens (tertiary/aromatic N) is 3. The van der Waals surface area contributed by atoms with Gasteiger partial charge >= 0.3 is 6.18 Å². The average Bonchev–Trinajstić information content (AvgIpc) is 2.44. The third-order valence-corrected chi connectivity index (χ3v) is 3.49. The normalized spacial score (nSPS) is 19.6. The van der Waals surface area contributed by atoms with Gasteiger partial charge in [0.2, 0.25) is 5.95 Å². The van der Waals surface area contributed by atoms with Crippen molar-refractivity contribution in [3.63, 3.8) is 0 Å². The highest BCUT2D eigenvalue weighted by molar-refractivity contribution is 5.52. The van der Waals surface area contributed by atoms with E-state index >= 15 is 0 Å². The van der Waals surface area contributed by atoms with E-state index in [9.17, 15) is 13.2 Å². The SMILES string of the molecule is CCCNc1cc(N2CCCC(C(F)(F)F)C2)nc(N)n1. The molecule has 0 amide bonds. The van der Waals surface area contributed by atoms with Crippen LogP contribution in [-0.4, -0.2) is 35.8 Å². The predicted molar refractivity (Wildman–Crippen MR) is 76.2 cm³/mol. The number of nitrogens with one attached hydrogen (secondary N) is 1. The molecule has 21 heavy (non-hydrogen) atoms. The number of aromatic nitrogens is 2. The Labute approximate surface area is 121 Å². The first-order chi connectivity index (χ1) is 9.90. The van der Waals surface area contributed by atoms with E-state index in [0.717, 1.165) is 13.0 Å². The van der Waals surface area contributed by atoms with Crippen molar-refractivity contribution in [3.05, 3.63) is 6.07 Å². The van der Waals surface area contributed by atoms with Crippen LogP contribution in [0.3, 0.4) is 0 Å². The second-order valence-corrected chi connectivity index (χ2v) is 5.22. The molecule has 0 saturated carbocycles. The van der Waals surface area contributed by atoms with Crippen LogP contribution in [-0.2, 0) is 0 Å². The Kier molecular flexibility index (Phi) is 4.74. The van der Waals surface area contributed by atoms with E-state index in [-0.39, 0.29) is 18.9 Å². The average molecular weight is 303 g/mol. The van der Waals surface area contributed by atoms with Gasteiger partial charge in [-0.15, -0.1) is 0 Å². The third-order valence-electron chi connectivity index (χ3n) is 3.49. The zero-order valence-electron chi connectivity index (χ0n) is 12.0. The van der Waals surface area contributed by atoms with Gasteiger partial charge in [-0.05, 0) is 19.3 Å². The number of nitrogen functional groups attached to an aromatic ring is 1. The lowest BCUT2D eigenvalue weighted by molar-refractivity contribution is -0.176. The fourth-order valence-electron chi connectivity index (χ4n) is 2.41. The van der Waals surface area contributed by atoms with Crippen molar-refractivity contribution in [2.45, 2.75) is 32.4 Å². The maximum absolute atomic E-state index is 12.9. The van der Waals surface area contributed by atoms with Gasteiger partial charge in [-0.1, -0.05) is 6.92 Å². The lowest BCUT2D eigenvalue weighted by Crippen LogP contribution is -2.42. The van der Waals surface area contributed by atoms with Crippen LogP contribution in [0.5, 0.6) is 0 Å². The van der Waals surface area contributed by atoms with Crippen molar-refractivity contribution in [2.24, 2.45) is 5.92 Å². The lowest BCUT2D eigenvalue weighted by atomic mass is 9.97. The second kappa shape index (κ2) is 6.36. The molecule has 5 nitrogen and oxygen atoms in total. The molecule has 1 fully saturated rings. The summed E-state index contributed by atoms with van der Waals surface area (Å²) in [5.41, 5.74) is 5.65. The van der Waals surface area contributed by atoms with Crippen LogP contribution in [0.15, 0.2) is 6.07 Å². The molecule has 0 aromatic carbocycles. The van der Waals surface area contributed by atoms with Crippen molar-refractivity contribution in [3.8, 4) is 0 Å². The summed E-state index contributed by atoms with van der Waals surface area (Å²) in [6, 6.07) is 1.66. The molecule has 8 heteroatoms. The highest BCUT2D eigenvalue weighted by atomic mass is 19.4. The standard InChI is InChI=1S/C13H20F3N5/c1-2-5-18-10-7-11(20-12(17)19-10)21-6-3-4-9(8-21)13(14,15)16/h7,9H,2-6,8H2,1H3,(H3,17,18,19,20). The molecule has 2 heterocycles. The molecule has 3 N–H and O–H groups in total. The van der Waals surface area contributed by atoms with E-state index in [2.05, 4.69) is 15.3 Å². The van der Waals surface area contributed by atoms with Crippen molar-refractivity contribution in [2.75, 3.05) is 35.6 Å². The number of halogens is 3. The Morgan fingerprint density at radius 1 is 1.43 bits per heavy atom. The van der Waals surface area contributed by atoms with Gasteiger partial charge in [-0.25, -0.2) is 0 Å². The number of alkyl halides is 3. The molecule has 1 saturated heterocycles. The smallest absolute Gasteiger partial charge is 0.370 e. The van der Waals surface area contributed by atoms with Gasteiger partial charge in [0.1, 0.15) is 11.6 Å². The first kappa shape index (κ1) is 15.7. The molecule has 0 spiro atoms. The summed E-state index contributed by atoms with van der Waals surface area (Å²) in [4.78, 5) is 9.74. The predicted octanol–water partition coefficient (Wildman–Crippen LogP) is 2.66. The number of hydrogen-bond acceptors (Lipinski definition) is 5. The van der Waals surface area contributed by atoms with E-state index < -0.39 is 12.1 Å². The zero-order chi connectivity index (χ0) is 15.5. The molecule has 1 aromatic rings. The minimum Gasteiger partial charge on any atom is -0.370 e. The summed E-state index contributed by atoms with van der Waals surface area (Å²) in [7, 11) is 0. The molecular formula is C13H20F3N5. The summed E-state index contributed by atoms with van der Waals surface area (Å²) >= 11 is 0. The van der Waals surface area contributed by atoms with Crippen LogP contribution in [0.1, 0.15) is 26.2 Å². The molecule has 1 atom stereocenters. The fraction of sp³-hybridized carbons (Fsp3) is 0.692. The minimum atomic E-state index is -4.17. The topological polar surface area (TPSA) is 67.1 Å². The Hall–Kier alpha value is -1.73. The zero-order valence-corrected chi connectivity index (χ0v) is 12.0. The maximum Gasteiger partial charge on any atom is 0.393 e. The molecule has 0 radical (unpaired) electrons. The Morgan fingerprint density at radius 2 is 2.19 bits per heavy atom. The summed E-state index contributed by atoms with van der Waals surface area (Å²) < 4.78 is 38.6. The van der Waals surface area contributed by atoms with Crippen molar-refractivity contribution >= 4 is 17.6 Å². The number of hydrogen-bond donors (Lipinski definition) is 2. The molecule has 1 unspecified atom stereocenters. The van der Waals surface area contributed by atoms with Crippen LogP contribution >= 0.6 is 0 Å². The number of rotatable bonds is 4.